The zero-order valence-corrected chi connectivity index (χ0v) is 28.8. The molecule has 0 bridgehead atoms. The molecule has 0 amide bonds. The minimum atomic E-state index is -1.06. The fourth-order valence-electron chi connectivity index (χ4n) is 0.137. The number of carbonyl (C=O) groups is 1. The molecule has 0 aliphatic carbocycles. The quantitative estimate of drug-likeness (QED) is 0.195. The van der Waals surface area contributed by atoms with Crippen LogP contribution in [0.4, 0.5) is 0 Å². The third kappa shape index (κ3) is 641. The fraction of sp³-hybridized carbons (Fsp3) is 0.640. The summed E-state index contributed by atoms with van der Waals surface area (Å²) in [4.78, 5) is 8.81. The van der Waals surface area contributed by atoms with Crippen molar-refractivity contribution in [3.05, 3.63) is 12.2 Å². The van der Waals surface area contributed by atoms with Crippen LogP contribution >= 0.6 is 0 Å². The van der Waals surface area contributed by atoms with Gasteiger partial charge in [0.15, 0.2) is 0 Å². The molecule has 0 saturated heterocycles. The van der Waals surface area contributed by atoms with Crippen molar-refractivity contribution in [3.8, 4) is 36.2 Å². The minimum absolute atomic E-state index is 0. The molecule has 0 unspecified atom stereocenters. The first-order valence-corrected chi connectivity index (χ1v) is 9.41. The summed E-state index contributed by atoms with van der Waals surface area (Å²) < 4.78 is 0. The third-order valence-electron chi connectivity index (χ3n) is 0.945. The van der Waals surface area contributed by atoms with Gasteiger partial charge in [0.05, 0.1) is 0 Å². The zero-order valence-electron chi connectivity index (χ0n) is 23.7. The first kappa shape index (κ1) is 63.7. The van der Waals surface area contributed by atoms with Crippen molar-refractivity contribution < 1.29 is 107 Å². The molecular weight excluding hydrogens is 442 g/mol. The zero-order chi connectivity index (χ0) is 25.4. The summed E-state index contributed by atoms with van der Waals surface area (Å²) in [5.74, 6) is 9.76. The number of carbonyl (C=O) groups excluding carboxylic acids is 1. The number of aldehydes is 1. The minimum Gasteiger partial charge on any atom is -0.870 e. The monoisotopic (exact) mass is 490 g/mol. The van der Waals surface area contributed by atoms with E-state index in [-0.39, 0.29) is 86.4 Å². The van der Waals surface area contributed by atoms with Crippen molar-refractivity contribution in [3.63, 3.8) is 0 Å². The number of terminal acetylenes is 1. The second-order valence-corrected chi connectivity index (χ2v) is 6.31. The van der Waals surface area contributed by atoms with Gasteiger partial charge in [0.1, 0.15) is 18.0 Å². The van der Waals surface area contributed by atoms with Crippen LogP contribution in [0.15, 0.2) is 12.2 Å². The van der Waals surface area contributed by atoms with Crippen LogP contribution in [0.25, 0.3) is 0 Å². The number of allylic oxidation sites excluding steroid dienone is 2. The van der Waals surface area contributed by atoms with Gasteiger partial charge in [-0.1, -0.05) is 53.2 Å². The molecule has 0 heterocycles. The van der Waals surface area contributed by atoms with Gasteiger partial charge < -0.3 is 25.6 Å². The van der Waals surface area contributed by atoms with E-state index in [1.54, 1.807) is 33.8 Å². The van der Waals surface area contributed by atoms with Crippen molar-refractivity contribution >= 4 is 6.29 Å². The third-order valence-corrected chi connectivity index (χ3v) is 0.945. The van der Waals surface area contributed by atoms with Gasteiger partial charge >= 0.3 is 80.9 Å². The molecule has 32 heavy (non-hydrogen) atoms. The van der Waals surface area contributed by atoms with E-state index in [9.17, 15) is 5.11 Å². The van der Waals surface area contributed by atoms with Crippen molar-refractivity contribution in [1.29, 1.82) is 0 Å². The van der Waals surface area contributed by atoms with Gasteiger partial charge in [0.25, 0.3) is 0 Å². The number of aliphatic hydroxyl groups is 2. The summed E-state index contributed by atoms with van der Waals surface area (Å²) in [6, 6.07) is 0. The van der Waals surface area contributed by atoms with Crippen molar-refractivity contribution in [2.45, 2.75) is 108 Å². The van der Waals surface area contributed by atoms with Crippen LogP contribution in [-0.4, -0.2) is 33.2 Å². The Balaban J connectivity index is -0.0000000223. The van der Waals surface area contributed by atoms with Crippen LogP contribution in [0, 0.1) is 36.2 Å². The molecule has 0 aromatic rings. The second-order valence-electron chi connectivity index (χ2n) is 6.31. The number of hydrogen-bond donors (Lipinski definition) is 2. The van der Waals surface area contributed by atoms with E-state index in [1.807, 2.05) is 39.8 Å². The van der Waals surface area contributed by atoms with Crippen LogP contribution in [0.1, 0.15) is 96.4 Å². The summed E-state index contributed by atoms with van der Waals surface area (Å²) in [7, 11) is 0. The summed E-state index contributed by atoms with van der Waals surface area (Å²) in [6.07, 6.45) is 12.2. The molecule has 0 aliphatic heterocycles. The predicted octanol–water partition coefficient (Wildman–Crippen LogP) is -1.06. The molecule has 0 saturated carbocycles. The van der Waals surface area contributed by atoms with Gasteiger partial charge in [-0.3, -0.25) is 0 Å². The van der Waals surface area contributed by atoms with E-state index in [0.717, 1.165) is 6.29 Å². The van der Waals surface area contributed by atoms with Crippen LogP contribution < -0.4 is 86.0 Å². The van der Waals surface area contributed by atoms with Gasteiger partial charge in [-0.2, -0.15) is 0 Å². The Bertz CT molecular complexity index is 448. The standard InChI is InChI=1S/C5H8O2.C4H9O.C4H8.C4H6.C3H8.C3H4.C2H4O.K.Na.H2O/c1-5(2,7)3-4-6;1-4(2,3)5;2*1-3-4-2;2*1-3-2;1-2-3;;;/h6-7H,1-2H3;1-3H3;3-4H,1-2H3;1-2H3;3H2,1-2H3;1H,2H3;2H,1H3;;;1H2/q;-1;;;;;;2*+1;/p-1. The van der Waals surface area contributed by atoms with Crippen LogP contribution in [-0.2, 0) is 4.79 Å². The molecule has 180 valence electrons. The molecule has 5 nitrogen and oxygen atoms in total. The van der Waals surface area contributed by atoms with E-state index < -0.39 is 11.2 Å². The van der Waals surface area contributed by atoms with Crippen molar-refractivity contribution in [2.75, 3.05) is 0 Å². The summed E-state index contributed by atoms with van der Waals surface area (Å²) in [6.45, 7) is 22.9. The maximum absolute atomic E-state index is 10.1. The molecule has 3 N–H and O–H groups in total. The molecule has 7 heteroatoms. The smallest absolute Gasteiger partial charge is 0.870 e. The molecular formula is C25H48KNaO5. The molecule has 0 radical (unpaired) electrons. The van der Waals surface area contributed by atoms with Gasteiger partial charge in [0, 0.05) is 0 Å². The van der Waals surface area contributed by atoms with E-state index >= 15 is 0 Å². The molecule has 0 fully saturated rings. The molecule has 0 aromatic heterocycles. The Labute approximate surface area is 265 Å². The normalized spacial score (nSPS) is 6.81. The number of rotatable bonds is 0. The average molecular weight is 491 g/mol. The maximum Gasteiger partial charge on any atom is 1.00 e. The molecule has 0 atom stereocenters. The van der Waals surface area contributed by atoms with Crippen LogP contribution in [0.3, 0.4) is 0 Å². The Morgan fingerprint density at radius 1 is 0.938 bits per heavy atom. The average Bonchev–Trinajstić information content (AvgIpc) is 2.55. The Kier molecular flexibility index (Phi) is 126. The van der Waals surface area contributed by atoms with Gasteiger partial charge in [-0.05, 0) is 61.3 Å². The first-order valence-electron chi connectivity index (χ1n) is 9.41. The van der Waals surface area contributed by atoms with E-state index in [2.05, 4.69) is 44.0 Å². The molecule has 0 spiro atoms. The topological polar surface area (TPSA) is 111 Å². The number of aliphatic hydroxyl groups excluding tert-OH is 1. The van der Waals surface area contributed by atoms with Gasteiger partial charge in [-0.15, -0.1) is 29.8 Å². The van der Waals surface area contributed by atoms with Crippen molar-refractivity contribution in [1.82, 2.24) is 0 Å². The maximum atomic E-state index is 10.1. The predicted molar refractivity (Wildman–Crippen MR) is 130 cm³/mol. The van der Waals surface area contributed by atoms with Crippen molar-refractivity contribution in [2.24, 2.45) is 0 Å². The SMILES string of the molecule is C#CC.CC#CC.CC(C)(C)[O-].CC(C)(O)C#CO.CC=CC.CC=O.CCC.[K+].[Na+].[OH-]. The van der Waals surface area contributed by atoms with Crippen LogP contribution in [0.2, 0.25) is 0 Å². The summed E-state index contributed by atoms with van der Waals surface area (Å²) >= 11 is 0. The van der Waals surface area contributed by atoms with E-state index in [1.165, 1.54) is 27.2 Å². The summed E-state index contributed by atoms with van der Waals surface area (Å²) in [5, 5.41) is 26.7. The van der Waals surface area contributed by atoms with E-state index in [4.69, 9.17) is 15.0 Å². The first-order chi connectivity index (χ1) is 13.1. The van der Waals surface area contributed by atoms with E-state index in [0.29, 0.717) is 0 Å². The van der Waals surface area contributed by atoms with Gasteiger partial charge in [-0.25, -0.2) is 0 Å². The Hall–Kier alpha value is 0.406. The number of hydrogen-bond acceptors (Lipinski definition) is 5. The fourth-order valence-corrected chi connectivity index (χ4v) is 0.137. The largest absolute Gasteiger partial charge is 1.00 e. The molecule has 0 aromatic carbocycles. The Morgan fingerprint density at radius 2 is 1.09 bits per heavy atom. The Morgan fingerprint density at radius 3 is 1.09 bits per heavy atom. The van der Waals surface area contributed by atoms with Gasteiger partial charge in [0.2, 0.25) is 0 Å². The second kappa shape index (κ2) is 63.4. The molecule has 0 aliphatic rings. The van der Waals surface area contributed by atoms with Crippen LogP contribution in [0.5, 0.6) is 0 Å². The molecule has 0 rings (SSSR count). The summed E-state index contributed by atoms with van der Waals surface area (Å²) in [5.41, 5.74) is -1.81.